The minimum absolute atomic E-state index is 0.0340. The number of amides is 1. The normalized spacial score (nSPS) is 16.5. The van der Waals surface area contributed by atoms with Gasteiger partial charge in [-0.25, -0.2) is 0 Å². The van der Waals surface area contributed by atoms with E-state index >= 15 is 0 Å². The molecule has 0 unspecified atom stereocenters. The van der Waals surface area contributed by atoms with Gasteiger partial charge in [0.15, 0.2) is 0 Å². The van der Waals surface area contributed by atoms with E-state index in [2.05, 4.69) is 53.2 Å². The molecule has 5 rings (SSSR count). The van der Waals surface area contributed by atoms with E-state index < -0.39 is 0 Å². The molecule has 1 aromatic carbocycles. The molecule has 3 heterocycles. The number of likely N-dealkylation sites (tertiary alicyclic amines) is 1. The van der Waals surface area contributed by atoms with E-state index in [0.717, 1.165) is 59.0 Å². The number of rotatable bonds is 4. The summed E-state index contributed by atoms with van der Waals surface area (Å²) in [6.07, 6.45) is 9.19. The first-order valence-electron chi connectivity index (χ1n) is 12.4. The van der Waals surface area contributed by atoms with Crippen LogP contribution in [-0.2, 0) is 4.79 Å². The highest BCUT2D eigenvalue weighted by Gasteiger charge is 2.54. The average molecular weight is 506 g/mol. The lowest BCUT2D eigenvalue weighted by Crippen LogP contribution is -2.63. The van der Waals surface area contributed by atoms with Crippen molar-refractivity contribution in [2.24, 2.45) is 5.41 Å². The Bertz CT molecular complexity index is 1300. The molecule has 2 aliphatic rings. The molecular formula is C29H36ClN5O. The first kappa shape index (κ1) is 27.2. The summed E-state index contributed by atoms with van der Waals surface area (Å²) in [5.41, 5.74) is 6.05. The zero-order valence-corrected chi connectivity index (χ0v) is 22.4. The monoisotopic (exact) mass is 505 g/mol. The molecule has 1 aliphatic carbocycles. The van der Waals surface area contributed by atoms with Crippen LogP contribution in [-0.4, -0.2) is 43.9 Å². The maximum Gasteiger partial charge on any atom is 0.245 e. The van der Waals surface area contributed by atoms with Crippen LogP contribution in [0.2, 0.25) is 0 Å². The Balaban J connectivity index is 0.000000550. The van der Waals surface area contributed by atoms with Gasteiger partial charge in [0.1, 0.15) is 0 Å². The van der Waals surface area contributed by atoms with Gasteiger partial charge in [-0.2, -0.15) is 10.2 Å². The van der Waals surface area contributed by atoms with Gasteiger partial charge >= 0.3 is 0 Å². The molecule has 1 saturated heterocycles. The number of nitrogens with one attached hydrogen (secondary N) is 1. The van der Waals surface area contributed by atoms with Crippen molar-refractivity contribution in [3.8, 4) is 11.3 Å². The molecule has 190 valence electrons. The van der Waals surface area contributed by atoms with Crippen molar-refractivity contribution in [1.29, 1.82) is 0 Å². The van der Waals surface area contributed by atoms with Gasteiger partial charge in [0, 0.05) is 40.5 Å². The van der Waals surface area contributed by atoms with Gasteiger partial charge in [0.2, 0.25) is 5.91 Å². The number of benzene rings is 1. The van der Waals surface area contributed by atoms with Crippen LogP contribution in [0.15, 0.2) is 60.8 Å². The van der Waals surface area contributed by atoms with Gasteiger partial charge in [0.05, 0.1) is 23.3 Å². The van der Waals surface area contributed by atoms with E-state index in [1.807, 2.05) is 43.9 Å². The van der Waals surface area contributed by atoms with Crippen molar-refractivity contribution in [1.82, 2.24) is 24.9 Å². The van der Waals surface area contributed by atoms with Gasteiger partial charge in [-0.15, -0.1) is 0 Å². The lowest BCUT2D eigenvalue weighted by molar-refractivity contribution is -0.149. The zero-order valence-electron chi connectivity index (χ0n) is 21.7. The molecule has 2 aromatic heterocycles. The number of hydrogen-bond donors (Lipinski definition) is 1. The molecule has 3 aromatic rings. The quantitative estimate of drug-likeness (QED) is 0.510. The first-order chi connectivity index (χ1) is 17.4. The van der Waals surface area contributed by atoms with Crippen LogP contribution in [0.3, 0.4) is 0 Å². The maximum atomic E-state index is 11.8. The van der Waals surface area contributed by atoms with Gasteiger partial charge in [-0.05, 0) is 44.4 Å². The summed E-state index contributed by atoms with van der Waals surface area (Å²) in [7, 11) is 0. The van der Waals surface area contributed by atoms with E-state index in [9.17, 15) is 4.79 Å². The molecule has 2 fully saturated rings. The van der Waals surface area contributed by atoms with E-state index in [1.54, 1.807) is 12.3 Å². The fourth-order valence-corrected chi connectivity index (χ4v) is 4.89. The van der Waals surface area contributed by atoms with Crippen LogP contribution >= 0.6 is 11.6 Å². The predicted octanol–water partition coefficient (Wildman–Crippen LogP) is 4.96. The minimum atomic E-state index is 0.0340. The molecular weight excluding hydrogens is 470 g/mol. The second-order valence-corrected chi connectivity index (χ2v) is 9.28. The number of halogens is 1. The lowest BCUT2D eigenvalue weighted by atomic mass is 9.60. The van der Waals surface area contributed by atoms with E-state index in [0.29, 0.717) is 6.04 Å². The SMILES string of the molecule is C/C=C\Cl.C=CC(=O)N1CC2(CC(n3nc(-c4ccccc4)c(/C=c4\cn[nH]c4=C)c3C)C2)C1.CC. The van der Waals surface area contributed by atoms with E-state index in [1.165, 1.54) is 11.6 Å². The summed E-state index contributed by atoms with van der Waals surface area (Å²) in [4.78, 5) is 13.7. The smallest absolute Gasteiger partial charge is 0.245 e. The summed E-state index contributed by atoms with van der Waals surface area (Å²) in [6, 6.07) is 10.6. The van der Waals surface area contributed by atoms with Crippen molar-refractivity contribution in [3.63, 3.8) is 0 Å². The van der Waals surface area contributed by atoms with E-state index in [-0.39, 0.29) is 11.3 Å². The Labute approximate surface area is 218 Å². The highest BCUT2D eigenvalue weighted by atomic mass is 35.5. The summed E-state index contributed by atoms with van der Waals surface area (Å²) >= 11 is 5.01. The second kappa shape index (κ2) is 12.0. The highest BCUT2D eigenvalue weighted by molar-refractivity contribution is 6.25. The highest BCUT2D eigenvalue weighted by Crippen LogP contribution is 2.54. The number of aromatic amines is 1. The fraction of sp³-hybridized carbons (Fsp3) is 0.345. The summed E-state index contributed by atoms with van der Waals surface area (Å²) in [5.74, 6) is 0.0340. The number of nitrogens with zero attached hydrogens (tertiary/aromatic N) is 4. The standard InChI is InChI=1S/C24H25N5O.C3H5Cl.C2H6/c1-4-22(30)28-14-24(15-28)11-20(12-24)29-17(3)21(10-19-13-25-26-16(19)2)23(27-29)18-8-6-5-7-9-18;1-2-3-4;1-2/h4-10,13,20,26H,1-2,11-12,14-15H2,3H3;2-3H,1H3;1-2H3/b19-10+;3-2-;. The van der Waals surface area contributed by atoms with Crippen molar-refractivity contribution in [2.45, 2.75) is 46.6 Å². The van der Waals surface area contributed by atoms with E-state index in [4.69, 9.17) is 16.7 Å². The summed E-state index contributed by atoms with van der Waals surface area (Å²) < 4.78 is 2.18. The maximum absolute atomic E-state index is 11.8. The first-order valence-corrected chi connectivity index (χ1v) is 12.8. The molecule has 36 heavy (non-hydrogen) atoms. The van der Waals surface area contributed by atoms with Gasteiger partial charge in [-0.3, -0.25) is 14.6 Å². The van der Waals surface area contributed by atoms with Crippen molar-refractivity contribution in [3.05, 3.63) is 82.6 Å². The van der Waals surface area contributed by atoms with Crippen molar-refractivity contribution in [2.75, 3.05) is 13.1 Å². The molecule has 0 radical (unpaired) electrons. The molecule has 1 aliphatic heterocycles. The Morgan fingerprint density at radius 3 is 2.39 bits per heavy atom. The third-order valence-electron chi connectivity index (χ3n) is 6.64. The third-order valence-corrected chi connectivity index (χ3v) is 6.89. The Morgan fingerprint density at radius 2 is 1.86 bits per heavy atom. The second-order valence-electron chi connectivity index (χ2n) is 9.03. The molecule has 6 nitrogen and oxygen atoms in total. The fourth-order valence-electron chi connectivity index (χ4n) is 4.89. The summed E-state index contributed by atoms with van der Waals surface area (Å²) in [6.45, 7) is 17.3. The minimum Gasteiger partial charge on any atom is -0.338 e. The Kier molecular flexibility index (Phi) is 9.10. The number of allylic oxidation sites excluding steroid dienone is 1. The van der Waals surface area contributed by atoms with Crippen molar-refractivity contribution >= 4 is 30.2 Å². The van der Waals surface area contributed by atoms with Crippen LogP contribution in [0.4, 0.5) is 0 Å². The molecule has 1 N–H and O–H groups in total. The average Bonchev–Trinajstić information content (AvgIpc) is 3.42. The summed E-state index contributed by atoms with van der Waals surface area (Å²) in [5, 5.41) is 13.8. The molecule has 7 heteroatoms. The molecule has 1 amide bonds. The van der Waals surface area contributed by atoms with Crippen LogP contribution in [0.25, 0.3) is 23.9 Å². The number of hydrogen-bond acceptors (Lipinski definition) is 3. The van der Waals surface area contributed by atoms with Crippen LogP contribution in [0.5, 0.6) is 0 Å². The molecule has 1 saturated carbocycles. The topological polar surface area (TPSA) is 66.8 Å². The van der Waals surface area contributed by atoms with Crippen LogP contribution in [0.1, 0.15) is 50.9 Å². The van der Waals surface area contributed by atoms with Crippen LogP contribution < -0.4 is 10.6 Å². The number of carbonyl (C=O) groups excluding carboxylic acids is 1. The number of carbonyl (C=O) groups is 1. The molecule has 0 atom stereocenters. The van der Waals surface area contributed by atoms with Gasteiger partial charge in [-0.1, -0.05) is 75.0 Å². The molecule has 1 spiro atoms. The zero-order chi connectivity index (χ0) is 26.3. The van der Waals surface area contributed by atoms with Gasteiger partial charge in [0.25, 0.3) is 0 Å². The largest absolute Gasteiger partial charge is 0.338 e. The predicted molar refractivity (Wildman–Crippen MR) is 149 cm³/mol. The number of aromatic nitrogens is 4. The Morgan fingerprint density at radius 1 is 1.22 bits per heavy atom. The lowest BCUT2D eigenvalue weighted by Gasteiger charge is -2.58. The third kappa shape index (κ3) is 5.54. The Hall–Kier alpha value is -3.38. The van der Waals surface area contributed by atoms with Crippen molar-refractivity contribution < 1.29 is 4.79 Å². The van der Waals surface area contributed by atoms with Gasteiger partial charge < -0.3 is 4.90 Å². The molecule has 0 bridgehead atoms. The van der Waals surface area contributed by atoms with Crippen LogP contribution in [0, 0.1) is 12.3 Å². The number of H-pyrrole nitrogens is 1.